The fourth-order valence-electron chi connectivity index (χ4n) is 1.51. The summed E-state index contributed by atoms with van der Waals surface area (Å²) in [5, 5.41) is 16.0. The Bertz CT molecular complexity index is 769. The highest BCUT2D eigenvalue weighted by molar-refractivity contribution is 9.10. The van der Waals surface area contributed by atoms with Gasteiger partial charge in [0.15, 0.2) is 9.84 Å². The quantitative estimate of drug-likeness (QED) is 0.884. The van der Waals surface area contributed by atoms with Crippen molar-refractivity contribution >= 4 is 31.7 Å². The second kappa shape index (κ2) is 5.33. The predicted octanol–water partition coefficient (Wildman–Crippen LogP) is 1.81. The van der Waals surface area contributed by atoms with Gasteiger partial charge in [-0.3, -0.25) is 0 Å². The average molecular weight is 361 g/mol. The van der Waals surface area contributed by atoms with Crippen LogP contribution in [0.25, 0.3) is 0 Å². The predicted molar refractivity (Wildman–Crippen MR) is 71.0 cm³/mol. The molecule has 0 aliphatic carbocycles. The molecule has 0 unspecified atom stereocenters. The molecule has 0 aliphatic heterocycles. The van der Waals surface area contributed by atoms with Gasteiger partial charge in [0, 0.05) is 4.47 Å². The van der Waals surface area contributed by atoms with E-state index in [-0.39, 0.29) is 16.2 Å². The van der Waals surface area contributed by atoms with Crippen LogP contribution in [0.4, 0.5) is 0 Å². The minimum Gasteiger partial charge on any atom is -0.478 e. The smallest absolute Gasteiger partial charge is 0.336 e. The molecule has 0 saturated carbocycles. The van der Waals surface area contributed by atoms with Gasteiger partial charge >= 0.3 is 5.97 Å². The molecule has 2 rings (SSSR count). The Morgan fingerprint density at radius 3 is 2.65 bits per heavy atom. The van der Waals surface area contributed by atoms with Gasteiger partial charge in [0.25, 0.3) is 0 Å². The summed E-state index contributed by atoms with van der Waals surface area (Å²) in [4.78, 5) is 10.9. The number of hydrogen-bond acceptors (Lipinski definition) is 6. The van der Waals surface area contributed by atoms with Crippen LogP contribution in [-0.2, 0) is 15.6 Å². The van der Waals surface area contributed by atoms with Crippen LogP contribution in [0.15, 0.2) is 32.2 Å². The number of rotatable bonds is 4. The van der Waals surface area contributed by atoms with Crippen LogP contribution in [-0.4, -0.2) is 29.8 Å². The molecule has 1 aromatic carbocycles. The molecular weight excluding hydrogens is 352 g/mol. The van der Waals surface area contributed by atoms with Gasteiger partial charge in [0.05, 0.1) is 10.5 Å². The lowest BCUT2D eigenvalue weighted by Crippen LogP contribution is -2.08. The number of aromatic carboxylic acids is 1. The first-order valence-electron chi connectivity index (χ1n) is 5.35. The molecule has 2 aromatic rings. The molecule has 20 heavy (non-hydrogen) atoms. The van der Waals surface area contributed by atoms with Crippen LogP contribution in [0.3, 0.4) is 0 Å². The van der Waals surface area contributed by atoms with E-state index in [1.165, 1.54) is 12.1 Å². The number of carbonyl (C=O) groups is 1. The molecular formula is C11H9BrN2O5S. The lowest BCUT2D eigenvalue weighted by atomic mass is 10.2. The van der Waals surface area contributed by atoms with Gasteiger partial charge in [-0.05, 0) is 41.1 Å². The van der Waals surface area contributed by atoms with E-state index in [0.717, 1.165) is 6.07 Å². The molecule has 0 radical (unpaired) electrons. The molecule has 0 aliphatic rings. The minimum absolute atomic E-state index is 0.0968. The molecule has 0 atom stereocenters. The Kier molecular flexibility index (Phi) is 3.91. The van der Waals surface area contributed by atoms with Crippen LogP contribution in [0, 0.1) is 6.92 Å². The van der Waals surface area contributed by atoms with Crippen molar-refractivity contribution in [2.75, 3.05) is 0 Å². The molecule has 1 N–H and O–H groups in total. The van der Waals surface area contributed by atoms with E-state index in [1.807, 2.05) is 0 Å². The maximum atomic E-state index is 12.2. The third kappa shape index (κ3) is 2.88. The summed E-state index contributed by atoms with van der Waals surface area (Å²) in [6.45, 7) is 1.58. The van der Waals surface area contributed by atoms with Crippen molar-refractivity contribution in [3.63, 3.8) is 0 Å². The monoisotopic (exact) mass is 360 g/mol. The Balaban J connectivity index is 2.42. The lowest BCUT2D eigenvalue weighted by molar-refractivity contribution is 0.0695. The molecule has 0 saturated heterocycles. The number of carboxylic acids is 1. The number of sulfone groups is 1. The molecule has 0 fully saturated rings. The van der Waals surface area contributed by atoms with Crippen molar-refractivity contribution in [1.82, 2.24) is 10.3 Å². The zero-order chi connectivity index (χ0) is 14.9. The highest BCUT2D eigenvalue weighted by Gasteiger charge is 2.22. The van der Waals surface area contributed by atoms with Crippen LogP contribution in [0.1, 0.15) is 21.7 Å². The van der Waals surface area contributed by atoms with Crippen molar-refractivity contribution in [3.05, 3.63) is 39.6 Å². The van der Waals surface area contributed by atoms with Crippen molar-refractivity contribution in [2.24, 2.45) is 0 Å². The highest BCUT2D eigenvalue weighted by Crippen LogP contribution is 2.23. The number of aromatic nitrogens is 2. The largest absolute Gasteiger partial charge is 0.478 e. The lowest BCUT2D eigenvalue weighted by Gasteiger charge is -2.05. The van der Waals surface area contributed by atoms with Crippen molar-refractivity contribution in [1.29, 1.82) is 0 Å². The van der Waals surface area contributed by atoms with E-state index in [0.29, 0.717) is 10.2 Å². The summed E-state index contributed by atoms with van der Waals surface area (Å²) in [6, 6.07) is 3.81. The van der Waals surface area contributed by atoms with Gasteiger partial charge in [-0.1, -0.05) is 10.3 Å². The first-order valence-corrected chi connectivity index (χ1v) is 7.79. The van der Waals surface area contributed by atoms with Crippen LogP contribution >= 0.6 is 15.9 Å². The van der Waals surface area contributed by atoms with Gasteiger partial charge in [-0.2, -0.15) is 0 Å². The third-order valence-electron chi connectivity index (χ3n) is 2.60. The maximum Gasteiger partial charge on any atom is 0.336 e. The van der Waals surface area contributed by atoms with Gasteiger partial charge < -0.3 is 5.11 Å². The van der Waals surface area contributed by atoms with Gasteiger partial charge in [0.1, 0.15) is 17.1 Å². The number of hydrogen-bond donors (Lipinski definition) is 1. The Labute approximate surface area is 122 Å². The SMILES string of the molecule is Cc1nonc1CS(=O)(=O)c1ccc(Br)c(C(=O)O)c1. The van der Waals surface area contributed by atoms with Gasteiger partial charge in [-0.25, -0.2) is 17.8 Å². The summed E-state index contributed by atoms with van der Waals surface area (Å²) < 4.78 is 29.2. The van der Waals surface area contributed by atoms with E-state index in [1.54, 1.807) is 6.92 Å². The van der Waals surface area contributed by atoms with E-state index in [4.69, 9.17) is 5.11 Å². The minimum atomic E-state index is -3.73. The van der Waals surface area contributed by atoms with E-state index in [2.05, 4.69) is 30.9 Å². The normalized spacial score (nSPS) is 11.5. The Hall–Kier alpha value is -1.74. The summed E-state index contributed by atoms with van der Waals surface area (Å²) in [5.74, 6) is -1.61. The molecule has 1 aromatic heterocycles. The summed E-state index contributed by atoms with van der Waals surface area (Å²) >= 11 is 3.06. The fraction of sp³-hybridized carbons (Fsp3) is 0.182. The second-order valence-corrected chi connectivity index (χ2v) is 6.85. The topological polar surface area (TPSA) is 110 Å². The summed E-state index contributed by atoms with van der Waals surface area (Å²) in [7, 11) is -3.73. The Morgan fingerprint density at radius 2 is 2.10 bits per heavy atom. The molecule has 9 heteroatoms. The van der Waals surface area contributed by atoms with Gasteiger partial charge in [-0.15, -0.1) is 0 Å². The molecule has 1 heterocycles. The van der Waals surface area contributed by atoms with Crippen LogP contribution < -0.4 is 0 Å². The fourth-order valence-corrected chi connectivity index (χ4v) is 3.28. The van der Waals surface area contributed by atoms with Crippen molar-refractivity contribution in [2.45, 2.75) is 17.6 Å². The number of carboxylic acid groups (broad SMARTS) is 1. The number of benzene rings is 1. The van der Waals surface area contributed by atoms with E-state index in [9.17, 15) is 13.2 Å². The second-order valence-electron chi connectivity index (χ2n) is 4.00. The Morgan fingerprint density at radius 1 is 1.40 bits per heavy atom. The van der Waals surface area contributed by atoms with E-state index >= 15 is 0 Å². The number of aryl methyl sites for hydroxylation is 1. The molecule has 0 bridgehead atoms. The third-order valence-corrected chi connectivity index (χ3v) is 4.92. The van der Waals surface area contributed by atoms with Crippen molar-refractivity contribution in [3.8, 4) is 0 Å². The first kappa shape index (κ1) is 14.7. The molecule has 7 nitrogen and oxygen atoms in total. The number of nitrogens with zero attached hydrogens (tertiary/aromatic N) is 2. The average Bonchev–Trinajstić information content (AvgIpc) is 2.74. The van der Waals surface area contributed by atoms with Crippen LogP contribution in [0.2, 0.25) is 0 Å². The summed E-state index contributed by atoms with van der Waals surface area (Å²) in [5.41, 5.74) is 0.454. The maximum absolute atomic E-state index is 12.2. The van der Waals surface area contributed by atoms with Crippen molar-refractivity contribution < 1.29 is 22.9 Å². The van der Waals surface area contributed by atoms with Gasteiger partial charge in [0.2, 0.25) is 0 Å². The van der Waals surface area contributed by atoms with Crippen LogP contribution in [0.5, 0.6) is 0 Å². The van der Waals surface area contributed by atoms with E-state index < -0.39 is 21.6 Å². The zero-order valence-corrected chi connectivity index (χ0v) is 12.6. The standard InChI is InChI=1S/C11H9BrN2O5S/c1-6-10(14-19-13-6)5-20(17,18)7-2-3-9(12)8(4-7)11(15)16/h2-4H,5H2,1H3,(H,15,16). The first-order chi connectivity index (χ1) is 9.31. The number of halogens is 1. The summed E-state index contributed by atoms with van der Waals surface area (Å²) in [6.07, 6.45) is 0. The molecule has 0 amide bonds. The molecule has 0 spiro atoms. The molecule has 106 valence electrons. The highest BCUT2D eigenvalue weighted by atomic mass is 79.9. The zero-order valence-electron chi connectivity index (χ0n) is 10.2.